The second-order valence-corrected chi connectivity index (χ2v) is 10.7. The number of nitrogens with one attached hydrogen (secondary N) is 2. The number of alkyl halides is 3. The SMILES string of the molecule is CN(CC(C)(C)C)C(=O)c1[nH]c(C(F)(F)F)cc1-c1ccc(Cl)cc1.CNCC(C)(C)C. The van der Waals surface area contributed by atoms with Gasteiger partial charge in [0.05, 0.1) is 0 Å². The van der Waals surface area contributed by atoms with Crippen molar-refractivity contribution in [2.45, 2.75) is 47.7 Å². The molecule has 0 bridgehead atoms. The third kappa shape index (κ3) is 9.25. The van der Waals surface area contributed by atoms with Crippen LogP contribution in [0.5, 0.6) is 0 Å². The summed E-state index contributed by atoms with van der Waals surface area (Å²) in [5.41, 5.74) is -0.0799. The molecular weight excluding hydrogens is 439 g/mol. The van der Waals surface area contributed by atoms with Crippen molar-refractivity contribution in [2.24, 2.45) is 10.8 Å². The van der Waals surface area contributed by atoms with Gasteiger partial charge in [-0.25, -0.2) is 0 Å². The van der Waals surface area contributed by atoms with E-state index in [4.69, 9.17) is 11.6 Å². The van der Waals surface area contributed by atoms with Gasteiger partial charge in [0.1, 0.15) is 11.4 Å². The van der Waals surface area contributed by atoms with Crippen LogP contribution in [0.4, 0.5) is 13.2 Å². The van der Waals surface area contributed by atoms with Crippen LogP contribution in [0.1, 0.15) is 57.7 Å². The van der Waals surface area contributed by atoms with E-state index in [-0.39, 0.29) is 16.7 Å². The number of carbonyl (C=O) groups is 1. The molecule has 1 aromatic carbocycles. The van der Waals surface area contributed by atoms with Gasteiger partial charge in [0.25, 0.3) is 5.91 Å². The van der Waals surface area contributed by atoms with Crippen LogP contribution in [-0.4, -0.2) is 43.0 Å². The van der Waals surface area contributed by atoms with Crippen LogP contribution in [0.25, 0.3) is 11.1 Å². The lowest BCUT2D eigenvalue weighted by Gasteiger charge is -2.26. The summed E-state index contributed by atoms with van der Waals surface area (Å²) >= 11 is 5.84. The highest BCUT2D eigenvalue weighted by Crippen LogP contribution is 2.35. The Morgan fingerprint density at radius 2 is 1.56 bits per heavy atom. The van der Waals surface area contributed by atoms with Gasteiger partial charge in [-0.15, -0.1) is 0 Å². The Labute approximate surface area is 194 Å². The number of aromatic nitrogens is 1. The molecule has 2 N–H and O–H groups in total. The minimum absolute atomic E-state index is 0.0820. The number of aromatic amines is 1. The van der Waals surface area contributed by atoms with Crippen molar-refractivity contribution in [2.75, 3.05) is 27.2 Å². The molecule has 2 aromatic rings. The summed E-state index contributed by atoms with van der Waals surface area (Å²) in [6.07, 6.45) is -4.57. The van der Waals surface area contributed by atoms with Crippen molar-refractivity contribution >= 4 is 17.5 Å². The van der Waals surface area contributed by atoms with Crippen molar-refractivity contribution in [1.82, 2.24) is 15.2 Å². The lowest BCUT2D eigenvalue weighted by atomic mass is 9.96. The summed E-state index contributed by atoms with van der Waals surface area (Å²) in [7, 11) is 3.55. The molecule has 1 aromatic heterocycles. The molecule has 0 saturated carbocycles. The van der Waals surface area contributed by atoms with E-state index in [1.54, 1.807) is 31.3 Å². The molecule has 180 valence electrons. The first-order chi connectivity index (χ1) is 14.4. The molecule has 1 amide bonds. The van der Waals surface area contributed by atoms with Gasteiger partial charge in [0.15, 0.2) is 0 Å². The molecule has 0 aliphatic heterocycles. The highest BCUT2D eigenvalue weighted by atomic mass is 35.5. The lowest BCUT2D eigenvalue weighted by Crippen LogP contribution is -2.35. The van der Waals surface area contributed by atoms with E-state index in [1.165, 1.54) is 4.90 Å². The predicted octanol–water partition coefficient (Wildman–Crippen LogP) is 6.72. The molecule has 2 rings (SSSR count). The fourth-order valence-corrected chi connectivity index (χ4v) is 3.26. The van der Waals surface area contributed by atoms with Gasteiger partial charge >= 0.3 is 6.18 Å². The van der Waals surface area contributed by atoms with Crippen LogP contribution in [-0.2, 0) is 6.18 Å². The second kappa shape index (κ2) is 10.8. The standard InChI is InChI=1S/C18H20ClF3N2O.C6H15N/c1-17(2,3)10-24(4)16(25)15-13(9-14(23-15)18(20,21)22)11-5-7-12(19)8-6-11;1-6(2,3)5-7-4/h5-9,23H,10H2,1-4H3;7H,5H2,1-4H3. The normalized spacial score (nSPS) is 12.2. The summed E-state index contributed by atoms with van der Waals surface area (Å²) in [4.78, 5) is 16.4. The van der Waals surface area contributed by atoms with E-state index in [1.807, 2.05) is 27.8 Å². The summed E-state index contributed by atoms with van der Waals surface area (Å²) < 4.78 is 39.4. The molecule has 0 spiro atoms. The molecule has 0 aliphatic carbocycles. The molecule has 0 aliphatic rings. The molecule has 0 radical (unpaired) electrons. The van der Waals surface area contributed by atoms with Crippen molar-refractivity contribution in [3.05, 3.63) is 46.7 Å². The van der Waals surface area contributed by atoms with Crippen LogP contribution in [0.2, 0.25) is 5.02 Å². The molecule has 0 fully saturated rings. The zero-order valence-electron chi connectivity index (χ0n) is 20.2. The van der Waals surface area contributed by atoms with Crippen molar-refractivity contribution in [1.29, 1.82) is 0 Å². The monoisotopic (exact) mass is 473 g/mol. The Balaban J connectivity index is 0.000000633. The molecule has 4 nitrogen and oxygen atoms in total. The first-order valence-corrected chi connectivity index (χ1v) is 10.8. The summed E-state index contributed by atoms with van der Waals surface area (Å²) in [5, 5.41) is 3.57. The minimum Gasteiger partial charge on any atom is -0.346 e. The number of carbonyl (C=O) groups excluding carboxylic acids is 1. The Hall–Kier alpha value is -1.99. The van der Waals surface area contributed by atoms with Crippen LogP contribution in [0, 0.1) is 10.8 Å². The van der Waals surface area contributed by atoms with E-state index in [2.05, 4.69) is 31.1 Å². The van der Waals surface area contributed by atoms with E-state index < -0.39 is 17.8 Å². The summed E-state index contributed by atoms with van der Waals surface area (Å²) in [6, 6.07) is 7.29. The first kappa shape index (κ1) is 28.0. The maximum Gasteiger partial charge on any atom is 0.431 e. The largest absolute Gasteiger partial charge is 0.431 e. The Morgan fingerprint density at radius 3 is 1.94 bits per heavy atom. The van der Waals surface area contributed by atoms with Gasteiger partial charge in [-0.3, -0.25) is 4.79 Å². The number of H-pyrrole nitrogens is 1. The molecule has 0 saturated heterocycles. The topological polar surface area (TPSA) is 48.1 Å². The van der Waals surface area contributed by atoms with Crippen molar-refractivity contribution < 1.29 is 18.0 Å². The predicted molar refractivity (Wildman–Crippen MR) is 126 cm³/mol. The van der Waals surface area contributed by atoms with Crippen LogP contribution >= 0.6 is 11.6 Å². The Bertz CT molecular complexity index is 876. The fourth-order valence-electron chi connectivity index (χ4n) is 3.14. The third-order valence-electron chi connectivity index (χ3n) is 4.26. The molecular formula is C24H35ClF3N3O. The van der Waals surface area contributed by atoms with Crippen LogP contribution in [0.15, 0.2) is 30.3 Å². The van der Waals surface area contributed by atoms with Gasteiger partial charge in [-0.2, -0.15) is 13.2 Å². The zero-order valence-corrected chi connectivity index (χ0v) is 20.9. The van der Waals surface area contributed by atoms with Crippen LogP contribution in [0.3, 0.4) is 0 Å². The quantitative estimate of drug-likeness (QED) is 0.517. The van der Waals surface area contributed by atoms with Crippen molar-refractivity contribution in [3.8, 4) is 11.1 Å². The summed E-state index contributed by atoms with van der Waals surface area (Å²) in [6.45, 7) is 14.0. The Kier molecular flexibility index (Phi) is 9.42. The lowest BCUT2D eigenvalue weighted by molar-refractivity contribution is -0.140. The number of hydrogen-bond acceptors (Lipinski definition) is 2. The molecule has 8 heteroatoms. The van der Waals surface area contributed by atoms with Crippen LogP contribution < -0.4 is 5.32 Å². The number of nitrogens with zero attached hydrogens (tertiary/aromatic N) is 1. The van der Waals surface area contributed by atoms with E-state index in [9.17, 15) is 18.0 Å². The maximum absolute atomic E-state index is 13.1. The molecule has 0 atom stereocenters. The first-order valence-electron chi connectivity index (χ1n) is 10.4. The van der Waals surface area contributed by atoms with Gasteiger partial charge in [0.2, 0.25) is 0 Å². The summed E-state index contributed by atoms with van der Waals surface area (Å²) in [5.74, 6) is -0.490. The third-order valence-corrected chi connectivity index (χ3v) is 4.51. The van der Waals surface area contributed by atoms with Gasteiger partial charge in [-0.05, 0) is 48.2 Å². The number of hydrogen-bond donors (Lipinski definition) is 2. The van der Waals surface area contributed by atoms with E-state index in [0.717, 1.165) is 12.6 Å². The number of halogens is 4. The zero-order chi connectivity index (χ0) is 24.9. The van der Waals surface area contributed by atoms with E-state index >= 15 is 0 Å². The highest BCUT2D eigenvalue weighted by molar-refractivity contribution is 6.30. The smallest absolute Gasteiger partial charge is 0.346 e. The maximum atomic E-state index is 13.1. The van der Waals surface area contributed by atoms with Crippen molar-refractivity contribution in [3.63, 3.8) is 0 Å². The highest BCUT2D eigenvalue weighted by Gasteiger charge is 2.35. The molecule has 0 unspecified atom stereocenters. The van der Waals surface area contributed by atoms with E-state index in [0.29, 0.717) is 22.5 Å². The van der Waals surface area contributed by atoms with Gasteiger partial charge < -0.3 is 15.2 Å². The molecule has 1 heterocycles. The minimum atomic E-state index is -4.57. The second-order valence-electron chi connectivity index (χ2n) is 10.3. The number of rotatable bonds is 4. The Morgan fingerprint density at radius 1 is 1.03 bits per heavy atom. The average molecular weight is 474 g/mol. The fraction of sp³-hybridized carbons (Fsp3) is 0.542. The van der Waals surface area contributed by atoms with Gasteiger partial charge in [-0.1, -0.05) is 65.3 Å². The van der Waals surface area contributed by atoms with Gasteiger partial charge in [0, 0.05) is 24.2 Å². The average Bonchev–Trinajstić information content (AvgIpc) is 3.05. The molecule has 32 heavy (non-hydrogen) atoms. The number of benzene rings is 1. The number of amides is 1.